The van der Waals surface area contributed by atoms with Gasteiger partial charge in [0.2, 0.25) is 0 Å². The van der Waals surface area contributed by atoms with Crippen LogP contribution in [0.15, 0.2) is 12.4 Å². The fourth-order valence-electron chi connectivity index (χ4n) is 3.00. The summed E-state index contributed by atoms with van der Waals surface area (Å²) in [5.74, 6) is -0.560. The molecule has 5 heteroatoms. The zero-order valence-electron chi connectivity index (χ0n) is 12.4. The number of carboxylic acids is 1. The van der Waals surface area contributed by atoms with Crippen molar-refractivity contribution in [3.8, 4) is 0 Å². The summed E-state index contributed by atoms with van der Waals surface area (Å²) >= 11 is 0. The Hall–Kier alpha value is -1.36. The topological polar surface area (TPSA) is 67.2 Å². The number of carboxylic acid groups (broad SMARTS) is 1. The zero-order valence-corrected chi connectivity index (χ0v) is 12.4. The molecule has 1 aliphatic rings. The minimum atomic E-state index is -0.636. The second-order valence-electron chi connectivity index (χ2n) is 5.75. The number of hydrogen-bond acceptors (Lipinski definition) is 3. The number of aliphatic carboxylic acids is 1. The third-order valence-corrected chi connectivity index (χ3v) is 4.39. The van der Waals surface area contributed by atoms with Gasteiger partial charge in [-0.15, -0.1) is 0 Å². The average Bonchev–Trinajstić information content (AvgIpc) is 2.94. The number of hydrogen-bond donors (Lipinski definition) is 2. The molecule has 20 heavy (non-hydrogen) atoms. The normalized spacial score (nSPS) is 24.5. The molecule has 1 heterocycles. The largest absolute Gasteiger partial charge is 0.481 e. The maximum atomic E-state index is 11.3. The van der Waals surface area contributed by atoms with Crippen molar-refractivity contribution < 1.29 is 9.90 Å². The van der Waals surface area contributed by atoms with Crippen molar-refractivity contribution in [2.45, 2.75) is 52.1 Å². The van der Waals surface area contributed by atoms with Gasteiger partial charge in [0, 0.05) is 24.3 Å². The third kappa shape index (κ3) is 3.60. The Morgan fingerprint density at radius 2 is 2.30 bits per heavy atom. The van der Waals surface area contributed by atoms with Crippen LogP contribution in [0.3, 0.4) is 0 Å². The molecule has 2 N–H and O–H groups in total. The molecule has 5 nitrogen and oxygen atoms in total. The minimum absolute atomic E-state index is 0.179. The first-order valence-corrected chi connectivity index (χ1v) is 7.60. The maximum Gasteiger partial charge on any atom is 0.306 e. The maximum absolute atomic E-state index is 11.3. The summed E-state index contributed by atoms with van der Waals surface area (Å²) in [6.07, 6.45) is 7.98. The van der Waals surface area contributed by atoms with Gasteiger partial charge in [-0.05, 0) is 39.2 Å². The van der Waals surface area contributed by atoms with Crippen molar-refractivity contribution in [1.29, 1.82) is 0 Å². The number of nitrogens with one attached hydrogen (secondary N) is 1. The first-order chi connectivity index (χ1) is 9.61. The Labute approximate surface area is 120 Å². The molecule has 0 amide bonds. The Morgan fingerprint density at radius 1 is 1.55 bits per heavy atom. The molecule has 0 bridgehead atoms. The Balaban J connectivity index is 1.88. The molecule has 0 radical (unpaired) electrons. The lowest BCUT2D eigenvalue weighted by molar-refractivity contribution is -0.144. The second-order valence-corrected chi connectivity index (χ2v) is 5.75. The lowest BCUT2D eigenvalue weighted by atomic mass is 9.79. The molecule has 2 rings (SSSR count). The lowest BCUT2D eigenvalue weighted by Gasteiger charge is -2.29. The molecule has 1 saturated carbocycles. The molecule has 3 unspecified atom stereocenters. The van der Waals surface area contributed by atoms with Crippen LogP contribution in [0.1, 0.15) is 51.1 Å². The van der Waals surface area contributed by atoms with E-state index < -0.39 is 5.97 Å². The average molecular weight is 279 g/mol. The van der Waals surface area contributed by atoms with Gasteiger partial charge in [-0.25, -0.2) is 0 Å². The highest BCUT2D eigenvalue weighted by molar-refractivity contribution is 5.70. The van der Waals surface area contributed by atoms with E-state index in [1.54, 1.807) is 0 Å². The van der Waals surface area contributed by atoms with Crippen LogP contribution in [-0.4, -0.2) is 27.4 Å². The summed E-state index contributed by atoms with van der Waals surface area (Å²) in [6, 6.07) is 0.215. The lowest BCUT2D eigenvalue weighted by Crippen LogP contribution is -2.35. The second kappa shape index (κ2) is 6.88. The first kappa shape index (κ1) is 15.0. The monoisotopic (exact) mass is 279 g/mol. The molecule has 3 atom stereocenters. The fourth-order valence-corrected chi connectivity index (χ4v) is 3.00. The summed E-state index contributed by atoms with van der Waals surface area (Å²) in [6.45, 7) is 5.82. The van der Waals surface area contributed by atoms with Crippen molar-refractivity contribution in [2.24, 2.45) is 11.8 Å². The predicted octanol–water partition coefficient (Wildman–Crippen LogP) is 2.44. The van der Waals surface area contributed by atoms with E-state index in [0.717, 1.165) is 44.3 Å². The minimum Gasteiger partial charge on any atom is -0.481 e. The molecular weight excluding hydrogens is 254 g/mol. The van der Waals surface area contributed by atoms with Crippen LogP contribution in [0.2, 0.25) is 0 Å². The number of aromatic nitrogens is 2. The van der Waals surface area contributed by atoms with E-state index in [1.807, 2.05) is 17.1 Å². The van der Waals surface area contributed by atoms with E-state index in [4.69, 9.17) is 0 Å². The van der Waals surface area contributed by atoms with Gasteiger partial charge in [0.15, 0.2) is 0 Å². The van der Waals surface area contributed by atoms with Gasteiger partial charge in [0.1, 0.15) is 0 Å². The van der Waals surface area contributed by atoms with E-state index in [9.17, 15) is 9.90 Å². The van der Waals surface area contributed by atoms with Gasteiger partial charge >= 0.3 is 5.97 Å². The van der Waals surface area contributed by atoms with Crippen LogP contribution in [0.5, 0.6) is 0 Å². The van der Waals surface area contributed by atoms with Crippen LogP contribution in [0.25, 0.3) is 0 Å². The fraction of sp³-hybridized carbons (Fsp3) is 0.733. The summed E-state index contributed by atoms with van der Waals surface area (Å²) in [7, 11) is 0. The quantitative estimate of drug-likeness (QED) is 0.839. The molecular formula is C15H25N3O2. The molecule has 1 aromatic heterocycles. The molecule has 0 saturated heterocycles. The Morgan fingerprint density at radius 3 is 2.95 bits per heavy atom. The standard InChI is InChI=1S/C15H25N3O2/c1-3-18-10-13(9-17-18)11(2)16-8-12-6-4-5-7-14(12)15(19)20/h9-12,14,16H,3-8H2,1-2H3,(H,19,20). The van der Waals surface area contributed by atoms with E-state index in [-0.39, 0.29) is 17.9 Å². The van der Waals surface area contributed by atoms with E-state index >= 15 is 0 Å². The van der Waals surface area contributed by atoms with Crippen molar-refractivity contribution >= 4 is 5.97 Å². The highest BCUT2D eigenvalue weighted by Crippen LogP contribution is 2.30. The Bertz CT molecular complexity index is 444. The van der Waals surface area contributed by atoms with Gasteiger partial charge in [-0.3, -0.25) is 9.48 Å². The van der Waals surface area contributed by atoms with E-state index in [2.05, 4.69) is 24.3 Å². The number of aryl methyl sites for hydroxylation is 1. The molecule has 1 aliphatic carbocycles. The molecule has 1 aromatic rings. The summed E-state index contributed by atoms with van der Waals surface area (Å²) in [5, 5.41) is 17.0. The third-order valence-electron chi connectivity index (χ3n) is 4.39. The van der Waals surface area contributed by atoms with Crippen molar-refractivity contribution in [3.63, 3.8) is 0 Å². The van der Waals surface area contributed by atoms with Crippen LogP contribution >= 0.6 is 0 Å². The van der Waals surface area contributed by atoms with Crippen molar-refractivity contribution in [1.82, 2.24) is 15.1 Å². The number of nitrogens with zero attached hydrogens (tertiary/aromatic N) is 2. The molecule has 1 fully saturated rings. The van der Waals surface area contributed by atoms with Gasteiger partial charge in [0.25, 0.3) is 0 Å². The van der Waals surface area contributed by atoms with Crippen LogP contribution < -0.4 is 5.32 Å². The molecule has 0 spiro atoms. The number of rotatable bonds is 6. The smallest absolute Gasteiger partial charge is 0.306 e. The summed E-state index contributed by atoms with van der Waals surface area (Å²) < 4.78 is 1.91. The van der Waals surface area contributed by atoms with E-state index in [1.165, 1.54) is 0 Å². The molecule has 0 aromatic carbocycles. The summed E-state index contributed by atoms with van der Waals surface area (Å²) in [4.78, 5) is 11.3. The van der Waals surface area contributed by atoms with Crippen LogP contribution in [0, 0.1) is 11.8 Å². The van der Waals surface area contributed by atoms with Gasteiger partial charge in [-0.1, -0.05) is 12.8 Å². The Kier molecular flexibility index (Phi) is 5.17. The van der Waals surface area contributed by atoms with Crippen molar-refractivity contribution in [2.75, 3.05) is 6.54 Å². The van der Waals surface area contributed by atoms with E-state index in [0.29, 0.717) is 0 Å². The highest BCUT2D eigenvalue weighted by Gasteiger charge is 2.30. The van der Waals surface area contributed by atoms with Crippen molar-refractivity contribution in [3.05, 3.63) is 18.0 Å². The van der Waals surface area contributed by atoms with Gasteiger partial charge < -0.3 is 10.4 Å². The molecule has 112 valence electrons. The highest BCUT2D eigenvalue weighted by atomic mass is 16.4. The van der Waals surface area contributed by atoms with Crippen LogP contribution in [-0.2, 0) is 11.3 Å². The van der Waals surface area contributed by atoms with Gasteiger partial charge in [0.05, 0.1) is 12.1 Å². The first-order valence-electron chi connectivity index (χ1n) is 7.60. The summed E-state index contributed by atoms with van der Waals surface area (Å²) in [5.41, 5.74) is 1.16. The predicted molar refractivity (Wildman–Crippen MR) is 77.4 cm³/mol. The number of carbonyl (C=O) groups is 1. The zero-order chi connectivity index (χ0) is 14.5. The molecule has 0 aliphatic heterocycles. The SMILES string of the molecule is CCn1cc(C(C)NCC2CCCCC2C(=O)O)cn1. The van der Waals surface area contributed by atoms with Gasteiger partial charge in [-0.2, -0.15) is 5.10 Å². The van der Waals surface area contributed by atoms with Crippen LogP contribution in [0.4, 0.5) is 0 Å².